The second kappa shape index (κ2) is 10.3. The first-order valence-electron chi connectivity index (χ1n) is 16.9. The molecule has 0 aromatic carbocycles. The molecule has 5 rings (SSSR count). The standard InChI is InChI=1S/C36H62O4/c1-22(9-10-26(38)31(40)27(39)21-37)24-14-18-33(5)25(24)15-19-35(7)29(33)11-12-30-34(6)17-13-23(2)32(3,4)28(34)16-20-36(30,35)8/h11-12,22-31,37-40H,9-10,13-21H2,1-8H3/t22-,23+,24-,25+,26-,27+,28+,29-,30-,31-,33+,34+,35-,36-/m1/s1. The van der Waals surface area contributed by atoms with Crippen molar-refractivity contribution in [2.75, 3.05) is 6.61 Å². The topological polar surface area (TPSA) is 80.9 Å². The fourth-order valence-electron chi connectivity index (χ4n) is 12.5. The maximum Gasteiger partial charge on any atom is 0.108 e. The van der Waals surface area contributed by atoms with Crippen LogP contribution in [0.1, 0.15) is 120 Å². The summed E-state index contributed by atoms with van der Waals surface area (Å²) in [4.78, 5) is 0. The normalized spacial score (nSPS) is 50.6. The van der Waals surface area contributed by atoms with Crippen LogP contribution in [0.4, 0.5) is 0 Å². The van der Waals surface area contributed by atoms with Gasteiger partial charge in [0, 0.05) is 0 Å². The zero-order valence-corrected chi connectivity index (χ0v) is 27.0. The monoisotopic (exact) mass is 558 g/mol. The zero-order chi connectivity index (χ0) is 29.5. The van der Waals surface area contributed by atoms with Gasteiger partial charge in [0.15, 0.2) is 0 Å². The number of aliphatic hydroxyl groups is 4. The Morgan fingerprint density at radius 3 is 1.93 bits per heavy atom. The van der Waals surface area contributed by atoms with Crippen LogP contribution in [0.5, 0.6) is 0 Å². The highest BCUT2D eigenvalue weighted by Gasteiger charge is 2.69. The van der Waals surface area contributed by atoms with Gasteiger partial charge < -0.3 is 20.4 Å². The van der Waals surface area contributed by atoms with E-state index in [2.05, 4.69) is 67.5 Å². The van der Waals surface area contributed by atoms with Crippen LogP contribution in [-0.2, 0) is 0 Å². The van der Waals surface area contributed by atoms with Crippen LogP contribution in [-0.4, -0.2) is 45.3 Å². The average Bonchev–Trinajstić information content (AvgIpc) is 3.26. The summed E-state index contributed by atoms with van der Waals surface area (Å²) < 4.78 is 0. The Morgan fingerprint density at radius 2 is 1.30 bits per heavy atom. The molecule has 5 aliphatic rings. The lowest BCUT2D eigenvalue weighted by atomic mass is 9.33. The highest BCUT2D eigenvalue weighted by molar-refractivity contribution is 5.27. The minimum atomic E-state index is -1.28. The third kappa shape index (κ3) is 4.27. The first-order valence-corrected chi connectivity index (χ1v) is 16.9. The van der Waals surface area contributed by atoms with E-state index >= 15 is 0 Å². The van der Waals surface area contributed by atoms with Gasteiger partial charge in [0.05, 0.1) is 12.7 Å². The highest BCUT2D eigenvalue weighted by Crippen LogP contribution is 2.76. The lowest BCUT2D eigenvalue weighted by Crippen LogP contribution is -2.65. The van der Waals surface area contributed by atoms with Crippen molar-refractivity contribution in [3.63, 3.8) is 0 Å². The molecule has 5 aliphatic carbocycles. The van der Waals surface area contributed by atoms with Crippen LogP contribution < -0.4 is 0 Å². The Morgan fingerprint density at radius 1 is 0.725 bits per heavy atom. The van der Waals surface area contributed by atoms with E-state index in [1.165, 1.54) is 51.4 Å². The summed E-state index contributed by atoms with van der Waals surface area (Å²) in [7, 11) is 0. The molecule has 0 aromatic rings. The Labute approximate surface area is 245 Å². The number of fused-ring (bicyclic) bond motifs is 7. The van der Waals surface area contributed by atoms with Gasteiger partial charge in [-0.05, 0) is 133 Å². The lowest BCUT2D eigenvalue weighted by Gasteiger charge is -2.71. The number of aliphatic hydroxyl groups excluding tert-OH is 4. The van der Waals surface area contributed by atoms with Crippen molar-refractivity contribution in [2.45, 2.75) is 138 Å². The molecule has 0 unspecified atom stereocenters. The molecule has 0 bridgehead atoms. The summed E-state index contributed by atoms with van der Waals surface area (Å²) in [5.74, 6) is 4.74. The van der Waals surface area contributed by atoms with E-state index in [-0.39, 0.29) is 0 Å². The fourth-order valence-corrected chi connectivity index (χ4v) is 12.5. The molecule has 0 spiro atoms. The average molecular weight is 559 g/mol. The van der Waals surface area contributed by atoms with Gasteiger partial charge in [-0.2, -0.15) is 0 Å². The third-order valence-corrected chi connectivity index (χ3v) is 15.6. The zero-order valence-electron chi connectivity index (χ0n) is 27.0. The van der Waals surface area contributed by atoms with Gasteiger partial charge in [0.2, 0.25) is 0 Å². The molecule has 0 radical (unpaired) electrons. The first-order chi connectivity index (χ1) is 18.6. The summed E-state index contributed by atoms with van der Waals surface area (Å²) in [5.41, 5.74) is 1.81. The maximum absolute atomic E-state index is 10.4. The maximum atomic E-state index is 10.4. The molecule has 230 valence electrons. The van der Waals surface area contributed by atoms with Crippen molar-refractivity contribution in [3.8, 4) is 0 Å². The van der Waals surface area contributed by atoms with E-state index in [0.29, 0.717) is 63.1 Å². The molecule has 0 saturated heterocycles. The summed E-state index contributed by atoms with van der Waals surface area (Å²) in [6.07, 6.45) is 13.9. The van der Waals surface area contributed by atoms with E-state index in [1.807, 2.05) is 0 Å². The van der Waals surface area contributed by atoms with Crippen molar-refractivity contribution in [1.29, 1.82) is 0 Å². The van der Waals surface area contributed by atoms with Crippen molar-refractivity contribution >= 4 is 0 Å². The molecule has 4 saturated carbocycles. The molecule has 40 heavy (non-hydrogen) atoms. The van der Waals surface area contributed by atoms with Gasteiger partial charge in [-0.15, -0.1) is 0 Å². The van der Waals surface area contributed by atoms with E-state index in [4.69, 9.17) is 5.11 Å². The predicted molar refractivity (Wildman–Crippen MR) is 162 cm³/mol. The van der Waals surface area contributed by atoms with Crippen molar-refractivity contribution < 1.29 is 20.4 Å². The molecule has 0 heterocycles. The van der Waals surface area contributed by atoms with Crippen LogP contribution >= 0.6 is 0 Å². The first kappa shape index (κ1) is 31.0. The van der Waals surface area contributed by atoms with Crippen LogP contribution in [0.15, 0.2) is 12.2 Å². The minimum absolute atomic E-state index is 0.319. The van der Waals surface area contributed by atoms with Crippen molar-refractivity contribution in [3.05, 3.63) is 12.2 Å². The molecule has 4 heteroatoms. The molecular weight excluding hydrogens is 496 g/mol. The predicted octanol–water partition coefficient (Wildman–Crippen LogP) is 6.99. The summed E-state index contributed by atoms with van der Waals surface area (Å²) in [6, 6.07) is 0. The SMILES string of the molecule is C[C@H](CC[C@@H](O)[C@@H](O)[C@@H](O)CO)[C@H]1CC[C@]2(C)[C@H]3C=C[C@@H]4[C@@]5(C)CC[C@H](C)C(C)(C)[C@@H]5CC[C@@]4(C)[C@]3(C)CC[C@@H]12. The van der Waals surface area contributed by atoms with Gasteiger partial charge in [-0.1, -0.05) is 67.5 Å². The second-order valence-electron chi connectivity index (χ2n) is 17.2. The molecular formula is C36H62O4. The Bertz CT molecular complexity index is 960. The lowest BCUT2D eigenvalue weighted by molar-refractivity contribution is -0.205. The summed E-state index contributed by atoms with van der Waals surface area (Å²) >= 11 is 0. The largest absolute Gasteiger partial charge is 0.394 e. The van der Waals surface area contributed by atoms with Crippen molar-refractivity contribution in [2.24, 2.45) is 68.5 Å². The molecule has 0 aromatic heterocycles. The number of allylic oxidation sites excluding steroid dienone is 2. The van der Waals surface area contributed by atoms with Crippen LogP contribution in [0, 0.1) is 68.5 Å². The van der Waals surface area contributed by atoms with Gasteiger partial charge in [-0.25, -0.2) is 0 Å². The van der Waals surface area contributed by atoms with E-state index < -0.39 is 24.9 Å². The van der Waals surface area contributed by atoms with Gasteiger partial charge >= 0.3 is 0 Å². The van der Waals surface area contributed by atoms with Gasteiger partial charge in [-0.3, -0.25) is 0 Å². The van der Waals surface area contributed by atoms with Crippen LogP contribution in [0.25, 0.3) is 0 Å². The molecule has 0 aliphatic heterocycles. The number of rotatable bonds is 7. The van der Waals surface area contributed by atoms with Crippen molar-refractivity contribution in [1.82, 2.24) is 0 Å². The molecule has 14 atom stereocenters. The summed E-state index contributed by atoms with van der Waals surface area (Å²) in [6.45, 7) is 20.1. The molecule has 4 nitrogen and oxygen atoms in total. The Hall–Kier alpha value is -0.420. The molecule has 4 fully saturated rings. The highest BCUT2D eigenvalue weighted by atomic mass is 16.4. The summed E-state index contributed by atoms with van der Waals surface area (Å²) in [5, 5.41) is 39.5. The minimum Gasteiger partial charge on any atom is -0.394 e. The smallest absolute Gasteiger partial charge is 0.108 e. The van der Waals surface area contributed by atoms with Gasteiger partial charge in [0.1, 0.15) is 12.2 Å². The quantitative estimate of drug-likeness (QED) is 0.254. The fraction of sp³-hybridized carbons (Fsp3) is 0.944. The second-order valence-corrected chi connectivity index (χ2v) is 17.2. The number of hydrogen-bond donors (Lipinski definition) is 4. The van der Waals surface area contributed by atoms with E-state index in [1.54, 1.807) is 0 Å². The molecule has 0 amide bonds. The van der Waals surface area contributed by atoms with Crippen LogP contribution in [0.3, 0.4) is 0 Å². The van der Waals surface area contributed by atoms with E-state index in [9.17, 15) is 15.3 Å². The Balaban J connectivity index is 1.36. The van der Waals surface area contributed by atoms with Gasteiger partial charge in [0.25, 0.3) is 0 Å². The Kier molecular flexibility index (Phi) is 8.02. The molecule has 4 N–H and O–H groups in total. The van der Waals surface area contributed by atoms with Crippen LogP contribution in [0.2, 0.25) is 0 Å². The van der Waals surface area contributed by atoms with E-state index in [0.717, 1.165) is 18.3 Å². The number of hydrogen-bond acceptors (Lipinski definition) is 4. The third-order valence-electron chi connectivity index (χ3n) is 15.6.